The molecule has 0 fully saturated rings. The number of aryl methyl sites for hydroxylation is 2. The summed E-state index contributed by atoms with van der Waals surface area (Å²) >= 11 is 0. The quantitative estimate of drug-likeness (QED) is 0.817. The van der Waals surface area contributed by atoms with Crippen LogP contribution in [-0.4, -0.2) is 12.5 Å². The lowest BCUT2D eigenvalue weighted by Crippen LogP contribution is -2.32. The van der Waals surface area contributed by atoms with Gasteiger partial charge in [-0.15, -0.1) is 6.42 Å². The number of carbonyl (C=O) groups is 1. The van der Waals surface area contributed by atoms with Crippen LogP contribution in [0, 0.1) is 12.3 Å². The van der Waals surface area contributed by atoms with E-state index in [0.29, 0.717) is 0 Å². The zero-order valence-corrected chi connectivity index (χ0v) is 14.6. The number of benzene rings is 2. The maximum absolute atomic E-state index is 12.2. The summed E-state index contributed by atoms with van der Waals surface area (Å²) in [4.78, 5) is 12.2. The monoisotopic (exact) mass is 332 g/mol. The zero-order chi connectivity index (χ0) is 17.6. The second-order valence-corrected chi connectivity index (χ2v) is 6.60. The van der Waals surface area contributed by atoms with E-state index in [9.17, 15) is 4.79 Å². The third-order valence-electron chi connectivity index (χ3n) is 4.73. The minimum absolute atomic E-state index is 0.00132. The predicted octanol–water partition coefficient (Wildman–Crippen LogP) is 3.84. The molecule has 3 nitrogen and oxygen atoms in total. The molecule has 2 aromatic rings. The van der Waals surface area contributed by atoms with Gasteiger partial charge in [-0.2, -0.15) is 0 Å². The molecule has 1 unspecified atom stereocenters. The number of hydrogen-bond acceptors (Lipinski definition) is 2. The highest BCUT2D eigenvalue weighted by Gasteiger charge is 2.14. The first kappa shape index (κ1) is 17.1. The van der Waals surface area contributed by atoms with Crippen molar-refractivity contribution in [3.63, 3.8) is 0 Å². The van der Waals surface area contributed by atoms with Crippen molar-refractivity contribution in [2.45, 2.75) is 38.6 Å². The molecule has 1 aliphatic carbocycles. The summed E-state index contributed by atoms with van der Waals surface area (Å²) in [5, 5.41) is 6.18. The topological polar surface area (TPSA) is 41.1 Å². The van der Waals surface area contributed by atoms with E-state index < -0.39 is 0 Å². The molecule has 3 rings (SSSR count). The van der Waals surface area contributed by atoms with E-state index in [2.05, 4.69) is 34.8 Å². The smallest absolute Gasteiger partial charge is 0.239 e. The number of carbonyl (C=O) groups excluding carboxylic acids is 1. The van der Waals surface area contributed by atoms with Crippen molar-refractivity contribution in [1.82, 2.24) is 5.32 Å². The van der Waals surface area contributed by atoms with E-state index in [4.69, 9.17) is 6.42 Å². The zero-order valence-electron chi connectivity index (χ0n) is 14.6. The number of hydrogen-bond donors (Lipinski definition) is 2. The standard InChI is InChI=1S/C22H24N2O/c1-3-17-7-6-10-21(13-17)23-15-22(25)24-16(2)19-12-11-18-8-4-5-9-20(18)14-19/h1,6-7,10-14,16,23H,4-5,8-9,15H2,2H3,(H,24,25). The largest absolute Gasteiger partial charge is 0.376 e. The van der Waals surface area contributed by atoms with Gasteiger partial charge in [0.25, 0.3) is 0 Å². The van der Waals surface area contributed by atoms with Gasteiger partial charge in [0.05, 0.1) is 12.6 Å². The maximum Gasteiger partial charge on any atom is 0.239 e. The Balaban J connectivity index is 1.56. The fraction of sp³-hybridized carbons (Fsp3) is 0.318. The van der Waals surface area contributed by atoms with Crippen molar-refractivity contribution < 1.29 is 4.79 Å². The average Bonchev–Trinajstić information content (AvgIpc) is 2.66. The molecule has 0 heterocycles. The van der Waals surface area contributed by atoms with Crippen molar-refractivity contribution in [1.29, 1.82) is 0 Å². The highest BCUT2D eigenvalue weighted by Crippen LogP contribution is 2.24. The number of rotatable bonds is 5. The van der Waals surface area contributed by atoms with Crippen LogP contribution >= 0.6 is 0 Å². The van der Waals surface area contributed by atoms with Gasteiger partial charge in [0.1, 0.15) is 0 Å². The molecule has 0 radical (unpaired) electrons. The van der Waals surface area contributed by atoms with Crippen LogP contribution < -0.4 is 10.6 Å². The Bertz CT molecular complexity index is 804. The first-order valence-corrected chi connectivity index (χ1v) is 8.87. The third kappa shape index (κ3) is 4.42. The van der Waals surface area contributed by atoms with Crippen molar-refractivity contribution >= 4 is 11.6 Å². The van der Waals surface area contributed by atoms with Crippen LogP contribution in [0.1, 0.15) is 48.1 Å². The summed E-state index contributed by atoms with van der Waals surface area (Å²) in [6.07, 6.45) is 10.3. The van der Waals surface area contributed by atoms with Crippen LogP contribution in [0.5, 0.6) is 0 Å². The summed E-state index contributed by atoms with van der Waals surface area (Å²) in [6, 6.07) is 14.1. The van der Waals surface area contributed by atoms with E-state index >= 15 is 0 Å². The lowest BCUT2D eigenvalue weighted by Gasteiger charge is -2.20. The van der Waals surface area contributed by atoms with Gasteiger partial charge in [-0.1, -0.05) is 30.2 Å². The molecule has 1 atom stereocenters. The summed E-state index contributed by atoms with van der Waals surface area (Å²) < 4.78 is 0. The van der Waals surface area contributed by atoms with Crippen LogP contribution in [0.2, 0.25) is 0 Å². The minimum atomic E-state index is -0.0312. The van der Waals surface area contributed by atoms with E-state index in [-0.39, 0.29) is 18.5 Å². The summed E-state index contributed by atoms with van der Waals surface area (Å²) in [7, 11) is 0. The van der Waals surface area contributed by atoms with E-state index in [1.165, 1.54) is 36.0 Å². The lowest BCUT2D eigenvalue weighted by molar-refractivity contribution is -0.120. The molecule has 3 heteroatoms. The molecule has 0 aliphatic heterocycles. The Morgan fingerprint density at radius 2 is 1.96 bits per heavy atom. The van der Waals surface area contributed by atoms with Crippen LogP contribution in [0.3, 0.4) is 0 Å². The molecule has 1 aliphatic rings. The average molecular weight is 332 g/mol. The highest BCUT2D eigenvalue weighted by atomic mass is 16.1. The molecule has 128 valence electrons. The summed E-state index contributed by atoms with van der Waals surface area (Å²) in [6.45, 7) is 2.25. The predicted molar refractivity (Wildman–Crippen MR) is 103 cm³/mol. The second kappa shape index (κ2) is 7.90. The molecule has 0 saturated heterocycles. The van der Waals surface area contributed by atoms with Crippen LogP contribution in [-0.2, 0) is 17.6 Å². The fourth-order valence-corrected chi connectivity index (χ4v) is 3.30. The summed E-state index contributed by atoms with van der Waals surface area (Å²) in [5.74, 6) is 2.56. The van der Waals surface area contributed by atoms with Crippen LogP contribution in [0.25, 0.3) is 0 Å². The Morgan fingerprint density at radius 3 is 2.76 bits per heavy atom. The van der Waals surface area contributed by atoms with Crippen molar-refractivity contribution in [3.8, 4) is 12.3 Å². The minimum Gasteiger partial charge on any atom is -0.376 e. The molecule has 1 amide bonds. The Morgan fingerprint density at radius 1 is 1.16 bits per heavy atom. The Hall–Kier alpha value is -2.73. The van der Waals surface area contributed by atoms with Crippen LogP contribution in [0.15, 0.2) is 42.5 Å². The van der Waals surface area contributed by atoms with E-state index in [1.807, 2.05) is 31.2 Å². The molecule has 25 heavy (non-hydrogen) atoms. The molecule has 0 saturated carbocycles. The van der Waals surface area contributed by atoms with E-state index in [0.717, 1.165) is 17.7 Å². The number of nitrogens with one attached hydrogen (secondary N) is 2. The third-order valence-corrected chi connectivity index (χ3v) is 4.73. The first-order valence-electron chi connectivity index (χ1n) is 8.87. The van der Waals surface area contributed by atoms with E-state index in [1.54, 1.807) is 0 Å². The lowest BCUT2D eigenvalue weighted by atomic mass is 9.89. The Labute approximate surface area is 149 Å². The molecule has 0 spiro atoms. The van der Waals surface area contributed by atoms with Gasteiger partial charge in [-0.05, 0) is 67.5 Å². The van der Waals surface area contributed by atoms with Gasteiger partial charge in [-0.3, -0.25) is 4.79 Å². The highest BCUT2D eigenvalue weighted by molar-refractivity contribution is 5.81. The van der Waals surface area contributed by atoms with Gasteiger partial charge in [0.2, 0.25) is 5.91 Å². The van der Waals surface area contributed by atoms with Crippen molar-refractivity contribution in [2.75, 3.05) is 11.9 Å². The molecule has 0 aromatic heterocycles. The Kier molecular flexibility index (Phi) is 5.40. The molecule has 0 bridgehead atoms. The van der Waals surface area contributed by atoms with Gasteiger partial charge in [0.15, 0.2) is 0 Å². The van der Waals surface area contributed by atoms with Gasteiger partial charge >= 0.3 is 0 Å². The maximum atomic E-state index is 12.2. The van der Waals surface area contributed by atoms with Gasteiger partial charge in [0, 0.05) is 11.3 Å². The number of terminal acetylenes is 1. The SMILES string of the molecule is C#Cc1cccc(NCC(=O)NC(C)c2ccc3c(c2)CCCC3)c1. The number of anilines is 1. The number of fused-ring (bicyclic) bond motifs is 1. The summed E-state index contributed by atoms with van der Waals surface area (Å²) in [5.41, 5.74) is 5.72. The van der Waals surface area contributed by atoms with Gasteiger partial charge < -0.3 is 10.6 Å². The second-order valence-electron chi connectivity index (χ2n) is 6.60. The molecular formula is C22H24N2O. The normalized spacial score (nSPS) is 14.1. The van der Waals surface area contributed by atoms with Crippen LogP contribution in [0.4, 0.5) is 5.69 Å². The number of amides is 1. The molecule has 2 N–H and O–H groups in total. The fourth-order valence-electron chi connectivity index (χ4n) is 3.30. The van der Waals surface area contributed by atoms with Crippen molar-refractivity contribution in [3.05, 3.63) is 64.7 Å². The first-order chi connectivity index (χ1) is 12.2. The molecular weight excluding hydrogens is 308 g/mol. The van der Waals surface area contributed by atoms with Gasteiger partial charge in [-0.25, -0.2) is 0 Å². The molecule has 2 aromatic carbocycles. The van der Waals surface area contributed by atoms with Crippen molar-refractivity contribution in [2.24, 2.45) is 0 Å².